The first-order valence-electron chi connectivity index (χ1n) is 2.12. The van der Waals surface area contributed by atoms with Gasteiger partial charge in [0.2, 0.25) is 0 Å². The van der Waals surface area contributed by atoms with Crippen LogP contribution in [0.15, 0.2) is 0 Å². The SMILES string of the molecule is [CH2-]OC([C-]=O)C(=O)OC.[W+2]. The molecule has 0 aliphatic rings. The van der Waals surface area contributed by atoms with Crippen LogP contribution in [0.4, 0.5) is 0 Å². The van der Waals surface area contributed by atoms with E-state index in [1.165, 1.54) is 6.29 Å². The van der Waals surface area contributed by atoms with E-state index in [9.17, 15) is 9.59 Å². The summed E-state index contributed by atoms with van der Waals surface area (Å²) in [4.78, 5) is 20.1. The third-order valence-electron chi connectivity index (χ3n) is 0.689. The maximum atomic E-state index is 10.3. The predicted octanol–water partition coefficient (Wildman–Crippen LogP) is -0.557. The monoisotopic (exact) mass is 314 g/mol. The second kappa shape index (κ2) is 6.90. The molecule has 1 unspecified atom stereocenters. The molecule has 0 aromatic carbocycles. The Bertz CT molecular complexity index is 114. The Morgan fingerprint density at radius 1 is 1.70 bits per heavy atom. The third-order valence-corrected chi connectivity index (χ3v) is 0.689. The Labute approximate surface area is 73.1 Å². The summed E-state index contributed by atoms with van der Waals surface area (Å²) in [6, 6.07) is 0. The Morgan fingerprint density at radius 3 is 2.30 bits per heavy atom. The molecular formula is C5H6O4W. The number of esters is 1. The molecular weight excluding hydrogens is 308 g/mol. The standard InChI is InChI=1S/C5H6O4.W/c1-8-4(3-6)5(7)9-2;/h4H,1H2,2H3;/q-2;+2. The van der Waals surface area contributed by atoms with E-state index < -0.39 is 12.1 Å². The molecule has 4 nitrogen and oxygen atoms in total. The van der Waals surface area contributed by atoms with Crippen molar-refractivity contribution < 1.29 is 40.1 Å². The number of hydrogen-bond donors (Lipinski definition) is 0. The van der Waals surface area contributed by atoms with Crippen molar-refractivity contribution in [2.75, 3.05) is 7.11 Å². The van der Waals surface area contributed by atoms with Crippen LogP contribution in [0.5, 0.6) is 0 Å². The fraction of sp³-hybridized carbons (Fsp3) is 0.400. The fourth-order valence-electron chi connectivity index (χ4n) is 0.257. The van der Waals surface area contributed by atoms with Gasteiger partial charge in [-0.2, -0.15) is 0 Å². The molecule has 1 atom stereocenters. The second-order valence-corrected chi connectivity index (χ2v) is 1.19. The number of rotatable bonds is 3. The van der Waals surface area contributed by atoms with Crippen molar-refractivity contribution in [2.45, 2.75) is 6.10 Å². The van der Waals surface area contributed by atoms with E-state index in [2.05, 4.69) is 16.6 Å². The molecule has 0 aliphatic carbocycles. The Kier molecular flexibility index (Phi) is 8.60. The van der Waals surface area contributed by atoms with Gasteiger partial charge in [0.05, 0.1) is 7.11 Å². The van der Waals surface area contributed by atoms with E-state index in [1.807, 2.05) is 0 Å². The summed E-state index contributed by atoms with van der Waals surface area (Å²) >= 11 is 0. The van der Waals surface area contributed by atoms with Gasteiger partial charge >= 0.3 is 27.0 Å². The van der Waals surface area contributed by atoms with Gasteiger partial charge in [-0.05, 0) is 0 Å². The smallest absolute Gasteiger partial charge is 0.565 e. The molecule has 0 aromatic heterocycles. The molecule has 0 spiro atoms. The minimum atomic E-state index is -1.31. The first-order chi connectivity index (χ1) is 4.26. The van der Waals surface area contributed by atoms with Gasteiger partial charge < -0.3 is 14.3 Å². The summed E-state index contributed by atoms with van der Waals surface area (Å²) in [6.45, 7) is 0. The molecule has 0 saturated heterocycles. The quantitative estimate of drug-likeness (QED) is 0.398. The maximum Gasteiger partial charge on any atom is 2.00 e. The largest absolute Gasteiger partial charge is 2.00 e. The average Bonchev–Trinajstić information content (AvgIpc) is 1.90. The number of methoxy groups -OCH3 is 1. The van der Waals surface area contributed by atoms with Gasteiger partial charge in [-0.3, -0.25) is 4.79 Å². The zero-order valence-electron chi connectivity index (χ0n) is 5.33. The molecule has 56 valence electrons. The summed E-state index contributed by atoms with van der Waals surface area (Å²) in [5.41, 5.74) is 0. The topological polar surface area (TPSA) is 52.6 Å². The van der Waals surface area contributed by atoms with Crippen molar-refractivity contribution in [3.8, 4) is 0 Å². The van der Waals surface area contributed by atoms with Crippen LogP contribution in [0.1, 0.15) is 0 Å². The van der Waals surface area contributed by atoms with Gasteiger partial charge in [-0.25, -0.2) is 13.4 Å². The minimum Gasteiger partial charge on any atom is -0.565 e. The van der Waals surface area contributed by atoms with E-state index in [0.717, 1.165) is 7.11 Å². The number of carbonyl (C=O) groups is 1. The van der Waals surface area contributed by atoms with Crippen molar-refractivity contribution >= 4 is 12.3 Å². The van der Waals surface area contributed by atoms with Crippen molar-refractivity contribution in [3.05, 3.63) is 7.11 Å². The van der Waals surface area contributed by atoms with E-state index >= 15 is 0 Å². The van der Waals surface area contributed by atoms with Crippen molar-refractivity contribution in [1.82, 2.24) is 0 Å². The van der Waals surface area contributed by atoms with Crippen LogP contribution in [-0.4, -0.2) is 25.5 Å². The van der Waals surface area contributed by atoms with Crippen LogP contribution >= 0.6 is 0 Å². The zero-order chi connectivity index (χ0) is 7.28. The first kappa shape index (κ1) is 12.5. The van der Waals surface area contributed by atoms with E-state index in [-0.39, 0.29) is 21.1 Å². The molecule has 0 saturated carbocycles. The third kappa shape index (κ3) is 3.75. The summed E-state index contributed by atoms with van der Waals surface area (Å²) in [6.07, 6.45) is -0.0170. The molecule has 5 heteroatoms. The van der Waals surface area contributed by atoms with Crippen molar-refractivity contribution in [1.29, 1.82) is 0 Å². The predicted molar refractivity (Wildman–Crippen MR) is 27.9 cm³/mol. The maximum absolute atomic E-state index is 10.3. The van der Waals surface area contributed by atoms with Gasteiger partial charge in [0, 0.05) is 6.10 Å². The van der Waals surface area contributed by atoms with Crippen LogP contribution < -0.4 is 0 Å². The van der Waals surface area contributed by atoms with Gasteiger partial charge in [0.15, 0.2) is 0 Å². The van der Waals surface area contributed by atoms with Gasteiger partial charge in [-0.1, -0.05) is 0 Å². The van der Waals surface area contributed by atoms with E-state index in [4.69, 9.17) is 0 Å². The molecule has 0 aromatic rings. The Hall–Kier alpha value is -0.212. The zero-order valence-corrected chi connectivity index (χ0v) is 8.26. The van der Waals surface area contributed by atoms with Crippen LogP contribution in [0.2, 0.25) is 0 Å². The second-order valence-electron chi connectivity index (χ2n) is 1.19. The fourth-order valence-corrected chi connectivity index (χ4v) is 0.257. The molecule has 0 aliphatic heterocycles. The Morgan fingerprint density at radius 2 is 2.20 bits per heavy atom. The van der Waals surface area contributed by atoms with Crippen LogP contribution in [0, 0.1) is 7.11 Å². The first-order valence-corrected chi connectivity index (χ1v) is 2.12. The molecule has 0 fully saturated rings. The molecule has 0 N–H and O–H groups in total. The minimum absolute atomic E-state index is 0. The molecule has 10 heavy (non-hydrogen) atoms. The van der Waals surface area contributed by atoms with Crippen LogP contribution in [0.3, 0.4) is 0 Å². The summed E-state index contributed by atoms with van der Waals surface area (Å²) in [5.74, 6) is -0.792. The number of carbonyl (C=O) groups excluding carboxylic acids is 2. The summed E-state index contributed by atoms with van der Waals surface area (Å²) in [7, 11) is 4.01. The molecule has 0 amide bonds. The van der Waals surface area contributed by atoms with Crippen LogP contribution in [-0.2, 0) is 40.1 Å². The van der Waals surface area contributed by atoms with E-state index in [0.29, 0.717) is 0 Å². The van der Waals surface area contributed by atoms with Crippen molar-refractivity contribution in [3.63, 3.8) is 0 Å². The summed E-state index contributed by atoms with van der Waals surface area (Å²) < 4.78 is 8.23. The summed E-state index contributed by atoms with van der Waals surface area (Å²) in [5, 5.41) is 0. The van der Waals surface area contributed by atoms with E-state index in [1.54, 1.807) is 0 Å². The Balaban J connectivity index is 0. The van der Waals surface area contributed by atoms with Crippen molar-refractivity contribution in [2.24, 2.45) is 0 Å². The van der Waals surface area contributed by atoms with Gasteiger partial charge in [0.25, 0.3) is 0 Å². The van der Waals surface area contributed by atoms with Crippen LogP contribution in [0.25, 0.3) is 0 Å². The average molecular weight is 314 g/mol. The molecule has 0 rings (SSSR count). The van der Waals surface area contributed by atoms with Gasteiger partial charge in [0.1, 0.15) is 0 Å². The molecule has 0 radical (unpaired) electrons. The number of ether oxygens (including phenoxy) is 2. The molecule has 0 bridgehead atoms. The molecule has 0 heterocycles. The van der Waals surface area contributed by atoms with Gasteiger partial charge in [-0.15, -0.1) is 0 Å². The normalized spacial score (nSPS) is 11.0. The number of hydrogen-bond acceptors (Lipinski definition) is 4.